The monoisotopic (exact) mass is 377 g/mol. The van der Waals surface area contributed by atoms with Gasteiger partial charge in [0.05, 0.1) is 5.75 Å². The minimum absolute atomic E-state index is 0.143. The maximum atomic E-state index is 12.7. The highest BCUT2D eigenvalue weighted by molar-refractivity contribution is 7.99. The number of fused-ring (bicyclic) bond motifs is 1. The van der Waals surface area contributed by atoms with Gasteiger partial charge in [0.25, 0.3) is 0 Å². The zero-order chi connectivity index (χ0) is 18.8. The van der Waals surface area contributed by atoms with Crippen LogP contribution in [0.3, 0.4) is 0 Å². The van der Waals surface area contributed by atoms with Crippen molar-refractivity contribution in [2.75, 3.05) is 5.75 Å². The number of hydrogen-bond acceptors (Lipinski definition) is 4. The van der Waals surface area contributed by atoms with Gasteiger partial charge < -0.3 is 0 Å². The number of aryl methyl sites for hydroxylation is 4. The van der Waals surface area contributed by atoms with Gasteiger partial charge in [-0.25, -0.2) is 0 Å². The van der Waals surface area contributed by atoms with Gasteiger partial charge in [-0.3, -0.25) is 9.36 Å². The first-order chi connectivity index (χ1) is 13.1. The van der Waals surface area contributed by atoms with E-state index in [1.54, 1.807) is 0 Å². The lowest BCUT2D eigenvalue weighted by atomic mass is 9.90. The maximum absolute atomic E-state index is 12.7. The summed E-state index contributed by atoms with van der Waals surface area (Å²) in [6.45, 7) is 4.00. The summed E-state index contributed by atoms with van der Waals surface area (Å²) in [6.07, 6.45) is 4.70. The molecule has 0 unspecified atom stereocenters. The Morgan fingerprint density at radius 2 is 1.74 bits per heavy atom. The van der Waals surface area contributed by atoms with E-state index in [4.69, 9.17) is 0 Å². The molecule has 0 N–H and O–H groups in total. The summed E-state index contributed by atoms with van der Waals surface area (Å²) in [6, 6.07) is 14.5. The van der Waals surface area contributed by atoms with E-state index in [0.29, 0.717) is 5.75 Å². The summed E-state index contributed by atoms with van der Waals surface area (Å²) in [5.74, 6) is 1.33. The first kappa shape index (κ1) is 18.0. The number of Topliss-reactive ketones (excluding diaryl/α,β-unsaturated/α-hetero) is 1. The van der Waals surface area contributed by atoms with Crippen LogP contribution in [0.1, 0.15) is 45.7 Å². The predicted octanol–water partition coefficient (Wildman–Crippen LogP) is 4.74. The number of nitrogens with zero attached hydrogens (tertiary/aromatic N) is 3. The largest absolute Gasteiger partial charge is 0.293 e. The van der Waals surface area contributed by atoms with Crippen molar-refractivity contribution in [1.29, 1.82) is 0 Å². The van der Waals surface area contributed by atoms with Crippen LogP contribution >= 0.6 is 11.8 Å². The van der Waals surface area contributed by atoms with Gasteiger partial charge in [0.1, 0.15) is 5.82 Å². The van der Waals surface area contributed by atoms with Crippen LogP contribution in [0.25, 0.3) is 5.69 Å². The van der Waals surface area contributed by atoms with Crippen LogP contribution in [0, 0.1) is 13.8 Å². The molecule has 0 saturated heterocycles. The number of thioether (sulfide) groups is 1. The molecule has 0 amide bonds. The highest BCUT2D eigenvalue weighted by Gasteiger charge is 2.16. The van der Waals surface area contributed by atoms with Crippen molar-refractivity contribution in [3.8, 4) is 5.69 Å². The van der Waals surface area contributed by atoms with E-state index in [9.17, 15) is 4.79 Å². The Kier molecular flexibility index (Phi) is 5.12. The topological polar surface area (TPSA) is 47.8 Å². The molecular weight excluding hydrogens is 354 g/mol. The highest BCUT2D eigenvalue weighted by atomic mass is 32.2. The highest BCUT2D eigenvalue weighted by Crippen LogP contribution is 2.25. The van der Waals surface area contributed by atoms with E-state index in [-0.39, 0.29) is 5.78 Å². The van der Waals surface area contributed by atoms with Crippen LogP contribution in [0.4, 0.5) is 0 Å². The molecule has 0 atom stereocenters. The van der Waals surface area contributed by atoms with Crippen molar-refractivity contribution in [2.45, 2.75) is 44.7 Å². The number of rotatable bonds is 5. The zero-order valence-electron chi connectivity index (χ0n) is 15.7. The molecule has 27 heavy (non-hydrogen) atoms. The van der Waals surface area contributed by atoms with Crippen LogP contribution in [-0.2, 0) is 12.8 Å². The number of benzene rings is 2. The third kappa shape index (κ3) is 3.83. The van der Waals surface area contributed by atoms with Crippen molar-refractivity contribution in [3.05, 3.63) is 70.5 Å². The van der Waals surface area contributed by atoms with E-state index in [1.807, 2.05) is 17.6 Å². The van der Waals surface area contributed by atoms with Crippen molar-refractivity contribution in [2.24, 2.45) is 0 Å². The van der Waals surface area contributed by atoms with Crippen LogP contribution in [-0.4, -0.2) is 26.3 Å². The SMILES string of the molecule is Cc1ccc(-n2c(C)nnc2SCC(=O)c2ccc3c(c2)CCCC3)cc1. The van der Waals surface area contributed by atoms with Gasteiger partial charge >= 0.3 is 0 Å². The molecule has 138 valence electrons. The van der Waals surface area contributed by atoms with Gasteiger partial charge in [-0.1, -0.05) is 41.6 Å². The fraction of sp³-hybridized carbons (Fsp3) is 0.318. The fourth-order valence-corrected chi connectivity index (χ4v) is 4.44. The van der Waals surface area contributed by atoms with Crippen molar-refractivity contribution >= 4 is 17.5 Å². The molecule has 0 radical (unpaired) electrons. The van der Waals surface area contributed by atoms with Gasteiger partial charge in [-0.05, 0) is 68.9 Å². The van der Waals surface area contributed by atoms with Gasteiger partial charge in [0.15, 0.2) is 10.9 Å². The molecule has 4 rings (SSSR count). The van der Waals surface area contributed by atoms with Crippen LogP contribution in [0.5, 0.6) is 0 Å². The van der Waals surface area contributed by atoms with Gasteiger partial charge in [-0.2, -0.15) is 0 Å². The summed E-state index contributed by atoms with van der Waals surface area (Å²) < 4.78 is 2.00. The summed E-state index contributed by atoms with van der Waals surface area (Å²) in [4.78, 5) is 12.7. The lowest BCUT2D eigenvalue weighted by Crippen LogP contribution is -2.08. The molecule has 1 heterocycles. The smallest absolute Gasteiger partial charge is 0.196 e. The number of carbonyl (C=O) groups excluding carboxylic acids is 1. The molecule has 1 aliphatic rings. The number of carbonyl (C=O) groups is 1. The molecule has 0 bridgehead atoms. The molecular formula is C22H23N3OS. The Labute approximate surface area is 164 Å². The lowest BCUT2D eigenvalue weighted by Gasteiger charge is -2.16. The van der Waals surface area contributed by atoms with Crippen molar-refractivity contribution in [3.63, 3.8) is 0 Å². The third-order valence-electron chi connectivity index (χ3n) is 5.09. The lowest BCUT2D eigenvalue weighted by molar-refractivity contribution is 0.102. The fourth-order valence-electron chi connectivity index (χ4n) is 3.55. The van der Waals surface area contributed by atoms with E-state index >= 15 is 0 Å². The molecule has 0 aliphatic heterocycles. The quantitative estimate of drug-likeness (QED) is 0.476. The zero-order valence-corrected chi connectivity index (χ0v) is 16.6. The minimum atomic E-state index is 0.143. The number of hydrogen-bond donors (Lipinski definition) is 0. The molecule has 0 saturated carbocycles. The summed E-state index contributed by atoms with van der Waals surface area (Å²) in [5, 5.41) is 9.23. The summed E-state index contributed by atoms with van der Waals surface area (Å²) >= 11 is 1.45. The first-order valence-corrected chi connectivity index (χ1v) is 10.4. The van der Waals surface area contributed by atoms with E-state index in [2.05, 4.69) is 53.5 Å². The van der Waals surface area contributed by atoms with Gasteiger partial charge in [0.2, 0.25) is 0 Å². The van der Waals surface area contributed by atoms with Gasteiger partial charge in [-0.15, -0.1) is 10.2 Å². The molecule has 4 nitrogen and oxygen atoms in total. The molecule has 1 aromatic heterocycles. The molecule has 5 heteroatoms. The molecule has 0 spiro atoms. The number of aromatic nitrogens is 3. The van der Waals surface area contributed by atoms with Crippen molar-refractivity contribution in [1.82, 2.24) is 14.8 Å². The second-order valence-electron chi connectivity index (χ2n) is 7.10. The predicted molar refractivity (Wildman–Crippen MR) is 109 cm³/mol. The minimum Gasteiger partial charge on any atom is -0.293 e. The molecule has 0 fully saturated rings. The van der Waals surface area contributed by atoms with Crippen LogP contribution in [0.15, 0.2) is 47.6 Å². The average Bonchev–Trinajstić information content (AvgIpc) is 3.07. The normalized spacial score (nSPS) is 13.4. The Hall–Kier alpha value is -2.40. The van der Waals surface area contributed by atoms with Gasteiger partial charge in [0, 0.05) is 11.3 Å². The second kappa shape index (κ2) is 7.69. The van der Waals surface area contributed by atoms with Crippen molar-refractivity contribution < 1.29 is 4.79 Å². The van der Waals surface area contributed by atoms with E-state index < -0.39 is 0 Å². The Bertz CT molecular complexity index is 976. The Morgan fingerprint density at radius 1 is 1.00 bits per heavy atom. The second-order valence-corrected chi connectivity index (χ2v) is 8.05. The molecule has 2 aromatic carbocycles. The Morgan fingerprint density at radius 3 is 2.52 bits per heavy atom. The molecule has 3 aromatic rings. The number of ketones is 1. The maximum Gasteiger partial charge on any atom is 0.196 e. The molecule has 1 aliphatic carbocycles. The van der Waals surface area contributed by atoms with E-state index in [1.165, 1.54) is 41.3 Å². The van der Waals surface area contributed by atoms with E-state index in [0.717, 1.165) is 35.1 Å². The third-order valence-corrected chi connectivity index (χ3v) is 6.02. The summed E-state index contributed by atoms with van der Waals surface area (Å²) in [7, 11) is 0. The standard InChI is InChI=1S/C22H23N3OS/c1-15-7-11-20(12-8-15)25-16(2)23-24-22(25)27-14-21(26)19-10-9-17-5-3-4-6-18(17)13-19/h7-13H,3-6,14H2,1-2H3. The summed E-state index contributed by atoms with van der Waals surface area (Å²) in [5.41, 5.74) is 5.78. The van der Waals surface area contributed by atoms with Crippen LogP contribution < -0.4 is 0 Å². The first-order valence-electron chi connectivity index (χ1n) is 9.39. The Balaban J connectivity index is 1.51. The average molecular weight is 378 g/mol. The van der Waals surface area contributed by atoms with Crippen LogP contribution in [0.2, 0.25) is 0 Å².